The molecule has 0 spiro atoms. The summed E-state index contributed by atoms with van der Waals surface area (Å²) in [5, 5.41) is 0. The Labute approximate surface area is 120 Å². The van der Waals surface area contributed by atoms with E-state index < -0.39 is 0 Å². The van der Waals surface area contributed by atoms with Crippen LogP contribution in [0.2, 0.25) is 0 Å². The van der Waals surface area contributed by atoms with Gasteiger partial charge >= 0.3 is 0 Å². The van der Waals surface area contributed by atoms with Gasteiger partial charge in [-0.3, -0.25) is 0 Å². The Kier molecular flexibility index (Phi) is 4.64. The number of aryl methyl sites for hydroxylation is 2. The molecule has 1 atom stereocenters. The number of benzene rings is 2. The number of ether oxygens (including phenoxy) is 2. The molecule has 2 rings (SSSR count). The molecule has 0 heterocycles. The van der Waals surface area contributed by atoms with E-state index in [0.717, 1.165) is 11.3 Å². The fourth-order valence-corrected chi connectivity index (χ4v) is 2.09. The summed E-state index contributed by atoms with van der Waals surface area (Å²) in [7, 11) is 1.63. The van der Waals surface area contributed by atoms with Gasteiger partial charge in [0.2, 0.25) is 0 Å². The van der Waals surface area contributed by atoms with E-state index in [4.69, 9.17) is 15.2 Å². The zero-order chi connectivity index (χ0) is 14.5. The van der Waals surface area contributed by atoms with Crippen molar-refractivity contribution in [3.63, 3.8) is 0 Å². The first-order chi connectivity index (χ1) is 9.65. The maximum Gasteiger partial charge on any atom is 0.162 e. The van der Waals surface area contributed by atoms with E-state index in [1.165, 1.54) is 11.1 Å². The first-order valence-corrected chi connectivity index (χ1v) is 6.72. The van der Waals surface area contributed by atoms with Crippen LogP contribution in [0.5, 0.6) is 11.5 Å². The summed E-state index contributed by atoms with van der Waals surface area (Å²) in [5.41, 5.74) is 9.46. The van der Waals surface area contributed by atoms with Gasteiger partial charge in [-0.15, -0.1) is 0 Å². The zero-order valence-corrected chi connectivity index (χ0v) is 12.2. The average Bonchev–Trinajstić information content (AvgIpc) is 2.48. The normalized spacial score (nSPS) is 12.0. The van der Waals surface area contributed by atoms with Crippen molar-refractivity contribution in [3.05, 3.63) is 59.2 Å². The van der Waals surface area contributed by atoms with E-state index in [9.17, 15) is 0 Å². The molecule has 20 heavy (non-hydrogen) atoms. The third-order valence-corrected chi connectivity index (χ3v) is 3.46. The lowest BCUT2D eigenvalue weighted by Gasteiger charge is -2.20. The van der Waals surface area contributed by atoms with E-state index in [2.05, 4.69) is 32.0 Å². The average molecular weight is 271 g/mol. The molecule has 0 saturated heterocycles. The van der Waals surface area contributed by atoms with Crippen LogP contribution in [0.1, 0.15) is 22.8 Å². The summed E-state index contributed by atoms with van der Waals surface area (Å²) < 4.78 is 11.3. The van der Waals surface area contributed by atoms with E-state index >= 15 is 0 Å². The molecule has 0 aliphatic heterocycles. The molecule has 0 saturated carbocycles. The summed E-state index contributed by atoms with van der Waals surface area (Å²) >= 11 is 0. The molecule has 0 aliphatic rings. The number of para-hydroxylation sites is 2. The Morgan fingerprint density at radius 3 is 2.30 bits per heavy atom. The number of hydrogen-bond acceptors (Lipinski definition) is 3. The second-order valence-electron chi connectivity index (χ2n) is 4.84. The van der Waals surface area contributed by atoms with Crippen molar-refractivity contribution in [2.75, 3.05) is 13.7 Å². The smallest absolute Gasteiger partial charge is 0.162 e. The van der Waals surface area contributed by atoms with Gasteiger partial charge < -0.3 is 15.2 Å². The van der Waals surface area contributed by atoms with Crippen LogP contribution in [0.25, 0.3) is 0 Å². The molecule has 2 N–H and O–H groups in total. The van der Waals surface area contributed by atoms with Gasteiger partial charge in [0.15, 0.2) is 11.5 Å². The van der Waals surface area contributed by atoms with Crippen molar-refractivity contribution in [2.24, 2.45) is 5.73 Å². The van der Waals surface area contributed by atoms with E-state index in [0.29, 0.717) is 12.3 Å². The lowest BCUT2D eigenvalue weighted by atomic mass is 10.0. The predicted octanol–water partition coefficient (Wildman–Crippen LogP) is 3.39. The van der Waals surface area contributed by atoms with Crippen LogP contribution < -0.4 is 15.2 Å². The molecule has 3 heteroatoms. The highest BCUT2D eigenvalue weighted by Gasteiger charge is 2.14. The van der Waals surface area contributed by atoms with Gasteiger partial charge in [-0.1, -0.05) is 30.3 Å². The lowest BCUT2D eigenvalue weighted by molar-refractivity contribution is 0.204. The van der Waals surface area contributed by atoms with Crippen molar-refractivity contribution in [1.29, 1.82) is 0 Å². The van der Waals surface area contributed by atoms with Crippen molar-refractivity contribution in [3.8, 4) is 11.5 Å². The maximum atomic E-state index is 6.02. The molecular weight excluding hydrogens is 250 g/mol. The second kappa shape index (κ2) is 6.44. The first-order valence-electron chi connectivity index (χ1n) is 6.72. The molecule has 106 valence electrons. The highest BCUT2D eigenvalue weighted by molar-refractivity contribution is 5.40. The highest BCUT2D eigenvalue weighted by atomic mass is 16.5. The van der Waals surface area contributed by atoms with Crippen molar-refractivity contribution in [2.45, 2.75) is 20.0 Å². The van der Waals surface area contributed by atoms with Crippen molar-refractivity contribution < 1.29 is 9.47 Å². The molecule has 0 fully saturated rings. The first kappa shape index (κ1) is 14.4. The largest absolute Gasteiger partial charge is 0.493 e. The molecule has 2 aromatic carbocycles. The molecule has 3 nitrogen and oxygen atoms in total. The number of hydrogen-bond donors (Lipinski definition) is 1. The van der Waals surface area contributed by atoms with Gasteiger partial charge in [0.05, 0.1) is 7.11 Å². The molecule has 0 bridgehead atoms. The predicted molar refractivity (Wildman–Crippen MR) is 81.3 cm³/mol. The van der Waals surface area contributed by atoms with E-state index in [1.54, 1.807) is 7.11 Å². The van der Waals surface area contributed by atoms with Crippen LogP contribution in [0.4, 0.5) is 0 Å². The summed E-state index contributed by atoms with van der Waals surface area (Å²) in [6, 6.07) is 13.9. The Balaban J connectivity index is 2.26. The van der Waals surface area contributed by atoms with Crippen LogP contribution in [0, 0.1) is 13.8 Å². The van der Waals surface area contributed by atoms with Gasteiger partial charge in [-0.2, -0.15) is 0 Å². The van der Waals surface area contributed by atoms with Crippen LogP contribution in [0.15, 0.2) is 42.5 Å². The molecule has 0 aliphatic carbocycles. The Hall–Kier alpha value is -2.00. The van der Waals surface area contributed by atoms with Gasteiger partial charge in [-0.05, 0) is 42.7 Å². The summed E-state index contributed by atoms with van der Waals surface area (Å²) in [6.07, 6.45) is -0.175. The van der Waals surface area contributed by atoms with Gasteiger partial charge in [0.25, 0.3) is 0 Å². The van der Waals surface area contributed by atoms with Crippen molar-refractivity contribution in [1.82, 2.24) is 0 Å². The summed E-state index contributed by atoms with van der Waals surface area (Å²) in [6.45, 7) is 4.60. The number of rotatable bonds is 5. The molecule has 0 amide bonds. The fourth-order valence-electron chi connectivity index (χ4n) is 2.09. The second-order valence-corrected chi connectivity index (χ2v) is 4.84. The number of methoxy groups -OCH3 is 1. The van der Waals surface area contributed by atoms with Gasteiger partial charge in [0, 0.05) is 6.54 Å². The van der Waals surface area contributed by atoms with E-state index in [1.807, 2.05) is 24.3 Å². The Morgan fingerprint density at radius 2 is 1.70 bits per heavy atom. The Bertz CT molecular complexity index is 581. The fraction of sp³-hybridized carbons (Fsp3) is 0.294. The van der Waals surface area contributed by atoms with Gasteiger partial charge in [0.1, 0.15) is 6.10 Å². The lowest BCUT2D eigenvalue weighted by Crippen LogP contribution is -2.19. The minimum absolute atomic E-state index is 0.175. The van der Waals surface area contributed by atoms with Gasteiger partial charge in [-0.25, -0.2) is 0 Å². The third kappa shape index (κ3) is 3.11. The van der Waals surface area contributed by atoms with Crippen LogP contribution in [-0.2, 0) is 0 Å². The number of nitrogens with two attached hydrogens (primary N) is 1. The van der Waals surface area contributed by atoms with Crippen LogP contribution >= 0.6 is 0 Å². The standard InChI is InChI=1S/C17H21NO2/c1-12-8-9-14(10-13(12)2)17(11-18)20-16-7-5-4-6-15(16)19-3/h4-10,17H,11,18H2,1-3H3. The zero-order valence-electron chi connectivity index (χ0n) is 12.2. The summed E-state index contributed by atoms with van der Waals surface area (Å²) in [5.74, 6) is 1.43. The molecular formula is C17H21NO2. The topological polar surface area (TPSA) is 44.5 Å². The minimum atomic E-state index is -0.175. The van der Waals surface area contributed by atoms with Crippen LogP contribution in [0.3, 0.4) is 0 Å². The van der Waals surface area contributed by atoms with E-state index in [-0.39, 0.29) is 6.10 Å². The quantitative estimate of drug-likeness (QED) is 0.906. The SMILES string of the molecule is COc1ccccc1OC(CN)c1ccc(C)c(C)c1. The molecule has 0 radical (unpaired) electrons. The van der Waals surface area contributed by atoms with Crippen molar-refractivity contribution >= 4 is 0 Å². The van der Waals surface area contributed by atoms with Crippen LogP contribution in [-0.4, -0.2) is 13.7 Å². The molecule has 1 unspecified atom stereocenters. The summed E-state index contributed by atoms with van der Waals surface area (Å²) in [4.78, 5) is 0. The molecule has 2 aromatic rings. The minimum Gasteiger partial charge on any atom is -0.493 e. The molecule has 0 aromatic heterocycles. The monoisotopic (exact) mass is 271 g/mol. The highest BCUT2D eigenvalue weighted by Crippen LogP contribution is 2.30. The maximum absolute atomic E-state index is 6.02. The Morgan fingerprint density at radius 1 is 1.00 bits per heavy atom. The third-order valence-electron chi connectivity index (χ3n) is 3.46.